The third kappa shape index (κ3) is 4.56. The maximum Gasteiger partial charge on any atom is 0.234 e. The summed E-state index contributed by atoms with van der Waals surface area (Å²) in [5.74, 6) is 2.08. The van der Waals surface area contributed by atoms with Gasteiger partial charge in [-0.1, -0.05) is 23.9 Å². The third-order valence-corrected chi connectivity index (χ3v) is 5.41. The van der Waals surface area contributed by atoms with Crippen molar-refractivity contribution in [3.8, 4) is 22.9 Å². The number of nitrogens with zero attached hydrogens (tertiary/aromatic N) is 4. The molecular formula is C22H21N5O3S. The number of benzene rings is 2. The number of carbonyl (C=O) groups excluding carboxylic acids is 1. The summed E-state index contributed by atoms with van der Waals surface area (Å²) in [5.41, 5.74) is 1.51. The van der Waals surface area contributed by atoms with Crippen molar-refractivity contribution in [1.29, 1.82) is 0 Å². The topological polar surface area (TPSA) is 83.2 Å². The molecule has 31 heavy (non-hydrogen) atoms. The Morgan fingerprint density at radius 3 is 2.42 bits per heavy atom. The standard InChI is InChI=1S/C22H21N5O3S/c1-29-17-11-9-16(10-12-17)23-20(28)15-31-22-25-24-21(27(22)26-13-5-6-14-26)18-7-3-4-8-19(18)30-2/h3-14H,15H2,1-2H3,(H,23,28). The molecule has 0 unspecified atom stereocenters. The second-order valence-corrected chi connectivity index (χ2v) is 7.39. The van der Waals surface area contributed by atoms with E-state index >= 15 is 0 Å². The number of nitrogens with one attached hydrogen (secondary N) is 1. The summed E-state index contributed by atoms with van der Waals surface area (Å²) in [7, 11) is 3.22. The lowest BCUT2D eigenvalue weighted by atomic mass is 10.2. The fourth-order valence-electron chi connectivity index (χ4n) is 3.02. The molecule has 0 aliphatic heterocycles. The Kier molecular flexibility index (Phi) is 6.23. The van der Waals surface area contributed by atoms with Crippen molar-refractivity contribution in [3.05, 3.63) is 73.1 Å². The number of hydrogen-bond acceptors (Lipinski definition) is 6. The van der Waals surface area contributed by atoms with Gasteiger partial charge in [0.2, 0.25) is 11.1 Å². The monoisotopic (exact) mass is 435 g/mol. The fourth-order valence-corrected chi connectivity index (χ4v) is 3.76. The van der Waals surface area contributed by atoms with Crippen molar-refractivity contribution in [2.75, 3.05) is 25.3 Å². The minimum absolute atomic E-state index is 0.143. The van der Waals surface area contributed by atoms with Gasteiger partial charge in [0.05, 0.1) is 25.5 Å². The van der Waals surface area contributed by atoms with Crippen LogP contribution in [0, 0.1) is 0 Å². The Morgan fingerprint density at radius 1 is 0.968 bits per heavy atom. The molecule has 0 fully saturated rings. The molecule has 4 aromatic rings. The van der Waals surface area contributed by atoms with Crippen LogP contribution in [0.1, 0.15) is 0 Å². The molecule has 0 atom stereocenters. The number of methoxy groups -OCH3 is 2. The van der Waals surface area contributed by atoms with Gasteiger partial charge in [-0.25, -0.2) is 4.68 Å². The summed E-state index contributed by atoms with van der Waals surface area (Å²) in [4.78, 5) is 12.5. The van der Waals surface area contributed by atoms with E-state index in [0.717, 1.165) is 11.3 Å². The molecule has 0 saturated heterocycles. The number of para-hydroxylation sites is 1. The van der Waals surface area contributed by atoms with Gasteiger partial charge < -0.3 is 14.8 Å². The van der Waals surface area contributed by atoms with Crippen LogP contribution in [0.5, 0.6) is 11.5 Å². The van der Waals surface area contributed by atoms with E-state index in [1.807, 2.05) is 58.1 Å². The lowest BCUT2D eigenvalue weighted by molar-refractivity contribution is -0.113. The smallest absolute Gasteiger partial charge is 0.234 e. The van der Waals surface area contributed by atoms with Crippen LogP contribution in [0.4, 0.5) is 5.69 Å². The highest BCUT2D eigenvalue weighted by Gasteiger charge is 2.19. The molecule has 0 aliphatic rings. The Bertz CT molecular complexity index is 1160. The summed E-state index contributed by atoms with van der Waals surface area (Å²) in [6.45, 7) is 0. The number of aromatic nitrogens is 4. The van der Waals surface area contributed by atoms with Gasteiger partial charge in [-0.2, -0.15) is 0 Å². The summed E-state index contributed by atoms with van der Waals surface area (Å²) in [6, 6.07) is 18.6. The van der Waals surface area contributed by atoms with Crippen molar-refractivity contribution in [2.45, 2.75) is 5.16 Å². The minimum Gasteiger partial charge on any atom is -0.497 e. The molecule has 1 amide bonds. The predicted molar refractivity (Wildman–Crippen MR) is 120 cm³/mol. The largest absolute Gasteiger partial charge is 0.497 e. The van der Waals surface area contributed by atoms with Crippen LogP contribution in [0.2, 0.25) is 0 Å². The Balaban J connectivity index is 1.56. The highest BCUT2D eigenvalue weighted by molar-refractivity contribution is 7.99. The number of ether oxygens (including phenoxy) is 2. The summed E-state index contributed by atoms with van der Waals surface area (Å²) in [6.07, 6.45) is 3.79. The summed E-state index contributed by atoms with van der Waals surface area (Å²) in [5, 5.41) is 12.2. The van der Waals surface area contributed by atoms with E-state index in [2.05, 4.69) is 15.5 Å². The molecule has 1 N–H and O–H groups in total. The number of amides is 1. The quantitative estimate of drug-likeness (QED) is 0.424. The molecule has 158 valence electrons. The molecule has 9 heteroatoms. The van der Waals surface area contributed by atoms with Crippen molar-refractivity contribution in [2.24, 2.45) is 0 Å². The highest BCUT2D eigenvalue weighted by atomic mass is 32.2. The molecule has 0 spiro atoms. The van der Waals surface area contributed by atoms with Crippen LogP contribution in [0.3, 0.4) is 0 Å². The lowest BCUT2D eigenvalue weighted by Gasteiger charge is -2.13. The van der Waals surface area contributed by atoms with Crippen LogP contribution < -0.4 is 14.8 Å². The molecule has 8 nitrogen and oxygen atoms in total. The number of carbonyl (C=O) groups is 1. The molecule has 2 heterocycles. The van der Waals surface area contributed by atoms with Gasteiger partial charge in [-0.05, 0) is 48.5 Å². The number of rotatable bonds is 8. The summed E-state index contributed by atoms with van der Waals surface area (Å²) < 4.78 is 14.3. The van der Waals surface area contributed by atoms with E-state index in [1.165, 1.54) is 11.8 Å². The number of thioether (sulfide) groups is 1. The van der Waals surface area contributed by atoms with E-state index in [-0.39, 0.29) is 11.7 Å². The zero-order valence-electron chi connectivity index (χ0n) is 17.1. The SMILES string of the molecule is COc1ccc(NC(=O)CSc2nnc(-c3ccccc3OC)n2-n2cccc2)cc1. The van der Waals surface area contributed by atoms with Gasteiger partial charge in [0, 0.05) is 18.1 Å². The van der Waals surface area contributed by atoms with Crippen molar-refractivity contribution in [3.63, 3.8) is 0 Å². The average Bonchev–Trinajstić information content (AvgIpc) is 3.48. The van der Waals surface area contributed by atoms with Gasteiger partial charge in [-0.15, -0.1) is 10.2 Å². The highest BCUT2D eigenvalue weighted by Crippen LogP contribution is 2.31. The van der Waals surface area contributed by atoms with E-state index in [0.29, 0.717) is 22.4 Å². The first-order valence-corrected chi connectivity index (χ1v) is 10.5. The first-order chi connectivity index (χ1) is 15.2. The molecule has 4 rings (SSSR count). The van der Waals surface area contributed by atoms with Crippen molar-refractivity contribution < 1.29 is 14.3 Å². The molecule has 2 aromatic heterocycles. The Hall–Kier alpha value is -3.72. The second kappa shape index (κ2) is 9.40. The van der Waals surface area contributed by atoms with Gasteiger partial charge in [0.1, 0.15) is 11.5 Å². The molecular weight excluding hydrogens is 414 g/mol. The van der Waals surface area contributed by atoms with Gasteiger partial charge in [-0.3, -0.25) is 9.47 Å². The lowest BCUT2D eigenvalue weighted by Crippen LogP contribution is -2.16. The van der Waals surface area contributed by atoms with Crippen LogP contribution in [-0.4, -0.2) is 45.4 Å². The first-order valence-electron chi connectivity index (χ1n) is 9.48. The minimum atomic E-state index is -0.143. The van der Waals surface area contributed by atoms with Crippen LogP contribution >= 0.6 is 11.8 Å². The number of hydrogen-bond donors (Lipinski definition) is 1. The van der Waals surface area contributed by atoms with E-state index < -0.39 is 0 Å². The zero-order chi connectivity index (χ0) is 21.6. The molecule has 0 bridgehead atoms. The van der Waals surface area contributed by atoms with Gasteiger partial charge >= 0.3 is 0 Å². The van der Waals surface area contributed by atoms with Crippen LogP contribution in [0.25, 0.3) is 11.4 Å². The van der Waals surface area contributed by atoms with Crippen LogP contribution in [-0.2, 0) is 4.79 Å². The predicted octanol–water partition coefficient (Wildman–Crippen LogP) is 3.81. The van der Waals surface area contributed by atoms with Crippen LogP contribution in [0.15, 0.2) is 78.2 Å². The molecule has 0 saturated carbocycles. The average molecular weight is 436 g/mol. The molecule has 0 aliphatic carbocycles. The molecule has 0 radical (unpaired) electrons. The second-order valence-electron chi connectivity index (χ2n) is 6.45. The fraction of sp³-hybridized carbons (Fsp3) is 0.136. The van der Waals surface area contributed by atoms with E-state index in [1.54, 1.807) is 38.5 Å². The normalized spacial score (nSPS) is 10.6. The third-order valence-electron chi connectivity index (χ3n) is 4.49. The van der Waals surface area contributed by atoms with E-state index in [4.69, 9.17) is 9.47 Å². The zero-order valence-corrected chi connectivity index (χ0v) is 17.9. The number of anilines is 1. The van der Waals surface area contributed by atoms with E-state index in [9.17, 15) is 4.79 Å². The maximum atomic E-state index is 12.5. The summed E-state index contributed by atoms with van der Waals surface area (Å²) >= 11 is 1.30. The Labute approximate surface area is 183 Å². The van der Waals surface area contributed by atoms with Crippen molar-refractivity contribution >= 4 is 23.4 Å². The van der Waals surface area contributed by atoms with Crippen molar-refractivity contribution in [1.82, 2.24) is 19.5 Å². The Morgan fingerprint density at radius 2 is 1.71 bits per heavy atom. The first kappa shape index (κ1) is 20.5. The van der Waals surface area contributed by atoms with Gasteiger partial charge in [0.25, 0.3) is 0 Å². The van der Waals surface area contributed by atoms with Gasteiger partial charge in [0.15, 0.2) is 5.82 Å². The molecule has 2 aromatic carbocycles. The maximum absolute atomic E-state index is 12.5.